The SMILES string of the molecule is CCCC[C@](C)(NC(=O)N(CCSC(C)=O)CCC(C)C)C(N)=O. The summed E-state index contributed by atoms with van der Waals surface area (Å²) in [5.41, 5.74) is 4.46. The zero-order valence-corrected chi connectivity index (χ0v) is 16.5. The van der Waals surface area contributed by atoms with Crippen LogP contribution >= 0.6 is 11.8 Å². The number of thioether (sulfide) groups is 1. The zero-order valence-electron chi connectivity index (χ0n) is 15.7. The molecule has 7 heteroatoms. The van der Waals surface area contributed by atoms with Crippen molar-refractivity contribution in [3.8, 4) is 0 Å². The normalized spacial score (nSPS) is 13.4. The lowest BCUT2D eigenvalue weighted by Crippen LogP contribution is -2.58. The highest BCUT2D eigenvalue weighted by Gasteiger charge is 2.33. The maximum atomic E-state index is 12.6. The van der Waals surface area contributed by atoms with E-state index >= 15 is 0 Å². The van der Waals surface area contributed by atoms with Gasteiger partial charge in [0.15, 0.2) is 5.12 Å². The maximum absolute atomic E-state index is 12.6. The second-order valence-electron chi connectivity index (χ2n) is 6.74. The van der Waals surface area contributed by atoms with Gasteiger partial charge in [0.1, 0.15) is 5.54 Å². The third kappa shape index (κ3) is 9.15. The molecule has 0 heterocycles. The minimum Gasteiger partial charge on any atom is -0.368 e. The number of unbranched alkanes of at least 4 members (excludes halogenated alkanes) is 1. The highest BCUT2D eigenvalue weighted by Crippen LogP contribution is 2.15. The van der Waals surface area contributed by atoms with E-state index in [1.165, 1.54) is 18.7 Å². The van der Waals surface area contributed by atoms with Crippen molar-refractivity contribution < 1.29 is 14.4 Å². The van der Waals surface area contributed by atoms with Crippen LogP contribution in [0.2, 0.25) is 0 Å². The van der Waals surface area contributed by atoms with Crippen molar-refractivity contribution in [1.82, 2.24) is 10.2 Å². The number of urea groups is 1. The van der Waals surface area contributed by atoms with Gasteiger partial charge in [-0.05, 0) is 25.7 Å². The molecule has 6 nitrogen and oxygen atoms in total. The predicted molar refractivity (Wildman–Crippen MR) is 99.8 cm³/mol. The number of nitrogens with zero attached hydrogens (tertiary/aromatic N) is 1. The topological polar surface area (TPSA) is 92.5 Å². The first-order chi connectivity index (χ1) is 11.1. The number of rotatable bonds is 11. The lowest BCUT2D eigenvalue weighted by molar-refractivity contribution is -0.123. The van der Waals surface area contributed by atoms with Crippen LogP contribution in [-0.4, -0.2) is 46.3 Å². The summed E-state index contributed by atoms with van der Waals surface area (Å²) < 4.78 is 0. The molecule has 0 aliphatic carbocycles. The van der Waals surface area contributed by atoms with Crippen LogP contribution in [0.4, 0.5) is 4.79 Å². The maximum Gasteiger partial charge on any atom is 0.318 e. The Morgan fingerprint density at radius 3 is 2.33 bits per heavy atom. The van der Waals surface area contributed by atoms with Gasteiger partial charge in [-0.25, -0.2) is 4.79 Å². The van der Waals surface area contributed by atoms with Crippen molar-refractivity contribution in [2.75, 3.05) is 18.8 Å². The largest absolute Gasteiger partial charge is 0.368 e. The number of hydrogen-bond acceptors (Lipinski definition) is 4. The molecule has 0 rings (SSSR count). The Bertz CT molecular complexity index is 429. The molecule has 0 saturated heterocycles. The second kappa shape index (κ2) is 11.3. The lowest BCUT2D eigenvalue weighted by Gasteiger charge is -2.32. The van der Waals surface area contributed by atoms with Gasteiger partial charge < -0.3 is 16.0 Å². The number of nitrogens with two attached hydrogens (primary N) is 1. The fourth-order valence-electron chi connectivity index (χ4n) is 2.12. The van der Waals surface area contributed by atoms with E-state index in [9.17, 15) is 14.4 Å². The number of hydrogen-bond donors (Lipinski definition) is 2. The van der Waals surface area contributed by atoms with Gasteiger partial charge in [-0.3, -0.25) is 9.59 Å². The summed E-state index contributed by atoms with van der Waals surface area (Å²) in [7, 11) is 0. The number of amides is 3. The highest BCUT2D eigenvalue weighted by molar-refractivity contribution is 8.13. The fourth-order valence-corrected chi connectivity index (χ4v) is 2.72. The van der Waals surface area contributed by atoms with E-state index in [-0.39, 0.29) is 11.1 Å². The Morgan fingerprint density at radius 1 is 1.25 bits per heavy atom. The van der Waals surface area contributed by atoms with Gasteiger partial charge in [-0.2, -0.15) is 0 Å². The summed E-state index contributed by atoms with van der Waals surface area (Å²) in [6, 6.07) is -0.294. The number of carbonyl (C=O) groups excluding carboxylic acids is 3. The third-order valence-electron chi connectivity index (χ3n) is 3.89. The first-order valence-electron chi connectivity index (χ1n) is 8.62. The van der Waals surface area contributed by atoms with Crippen molar-refractivity contribution in [3.05, 3.63) is 0 Å². The molecule has 0 spiro atoms. The second-order valence-corrected chi connectivity index (χ2v) is 8.01. The molecule has 0 aromatic carbocycles. The molecule has 0 radical (unpaired) electrons. The first kappa shape index (κ1) is 22.8. The Kier molecular flexibility index (Phi) is 10.8. The van der Waals surface area contributed by atoms with Crippen LogP contribution < -0.4 is 11.1 Å². The molecule has 0 aliphatic rings. The Morgan fingerprint density at radius 2 is 1.88 bits per heavy atom. The van der Waals surface area contributed by atoms with Gasteiger partial charge in [-0.15, -0.1) is 0 Å². The van der Waals surface area contributed by atoms with Crippen LogP contribution in [0, 0.1) is 5.92 Å². The minimum absolute atomic E-state index is 0.0316. The molecule has 0 unspecified atom stereocenters. The van der Waals surface area contributed by atoms with Crippen LogP contribution in [0.1, 0.15) is 60.3 Å². The van der Waals surface area contributed by atoms with Crippen LogP contribution in [0.5, 0.6) is 0 Å². The van der Waals surface area contributed by atoms with Crippen LogP contribution in [-0.2, 0) is 9.59 Å². The third-order valence-corrected chi connectivity index (χ3v) is 4.68. The summed E-state index contributed by atoms with van der Waals surface area (Å²) in [5, 5.41) is 2.84. The van der Waals surface area contributed by atoms with Gasteiger partial charge in [0.25, 0.3) is 0 Å². The molecule has 0 aromatic heterocycles. The Hall–Kier alpha value is -1.24. The van der Waals surface area contributed by atoms with Gasteiger partial charge in [-0.1, -0.05) is 45.4 Å². The van der Waals surface area contributed by atoms with E-state index in [0.717, 1.165) is 19.3 Å². The number of primary amides is 1. The highest BCUT2D eigenvalue weighted by atomic mass is 32.2. The molecule has 3 N–H and O–H groups in total. The lowest BCUT2D eigenvalue weighted by atomic mass is 9.94. The van der Waals surface area contributed by atoms with E-state index in [2.05, 4.69) is 19.2 Å². The molecular weight excluding hydrogens is 326 g/mol. The molecular formula is C17H33N3O3S. The molecule has 0 bridgehead atoms. The van der Waals surface area contributed by atoms with Crippen molar-refractivity contribution in [1.29, 1.82) is 0 Å². The monoisotopic (exact) mass is 359 g/mol. The van der Waals surface area contributed by atoms with Gasteiger partial charge in [0, 0.05) is 25.8 Å². The van der Waals surface area contributed by atoms with E-state index in [1.807, 2.05) is 6.92 Å². The summed E-state index contributed by atoms with van der Waals surface area (Å²) in [4.78, 5) is 37.2. The van der Waals surface area contributed by atoms with Crippen molar-refractivity contribution in [2.45, 2.75) is 65.8 Å². The van der Waals surface area contributed by atoms with Crippen molar-refractivity contribution in [3.63, 3.8) is 0 Å². The van der Waals surface area contributed by atoms with Crippen LogP contribution in [0.15, 0.2) is 0 Å². The van der Waals surface area contributed by atoms with Crippen LogP contribution in [0.25, 0.3) is 0 Å². The summed E-state index contributed by atoms with van der Waals surface area (Å²) in [6.45, 7) is 10.4. The molecule has 3 amide bonds. The van der Waals surface area contributed by atoms with E-state index in [0.29, 0.717) is 31.2 Å². The Balaban J connectivity index is 4.90. The summed E-state index contributed by atoms with van der Waals surface area (Å²) in [5.74, 6) is 0.484. The molecule has 24 heavy (non-hydrogen) atoms. The van der Waals surface area contributed by atoms with E-state index < -0.39 is 11.4 Å². The minimum atomic E-state index is -1.04. The summed E-state index contributed by atoms with van der Waals surface area (Å²) >= 11 is 1.20. The molecule has 0 fully saturated rings. The van der Waals surface area contributed by atoms with Gasteiger partial charge in [0.2, 0.25) is 5.91 Å². The van der Waals surface area contributed by atoms with Crippen molar-refractivity contribution >= 4 is 28.8 Å². The average Bonchev–Trinajstić information content (AvgIpc) is 2.47. The zero-order chi connectivity index (χ0) is 18.8. The standard InChI is InChI=1S/C17H33N3O3S/c1-6-7-9-17(5,15(18)22)19-16(23)20(10-8-13(2)3)11-12-24-14(4)21/h13H,6-12H2,1-5H3,(H2,18,22)(H,19,23)/t17-/m0/s1. The molecule has 0 saturated carbocycles. The van der Waals surface area contributed by atoms with Gasteiger partial charge >= 0.3 is 6.03 Å². The summed E-state index contributed by atoms with van der Waals surface area (Å²) in [6.07, 6.45) is 3.11. The van der Waals surface area contributed by atoms with E-state index in [1.54, 1.807) is 11.8 Å². The molecule has 140 valence electrons. The van der Waals surface area contributed by atoms with E-state index in [4.69, 9.17) is 5.73 Å². The van der Waals surface area contributed by atoms with Gasteiger partial charge in [0.05, 0.1) is 0 Å². The first-order valence-corrected chi connectivity index (χ1v) is 9.61. The molecule has 0 aromatic rings. The average molecular weight is 360 g/mol. The van der Waals surface area contributed by atoms with Crippen LogP contribution in [0.3, 0.4) is 0 Å². The Labute approximate surface area is 150 Å². The molecule has 1 atom stereocenters. The smallest absolute Gasteiger partial charge is 0.318 e. The number of nitrogens with one attached hydrogen (secondary N) is 1. The van der Waals surface area contributed by atoms with Crippen molar-refractivity contribution in [2.24, 2.45) is 11.7 Å². The fraction of sp³-hybridized carbons (Fsp3) is 0.824. The quantitative estimate of drug-likeness (QED) is 0.593. The molecule has 0 aliphatic heterocycles. The number of carbonyl (C=O) groups is 3. The predicted octanol–water partition coefficient (Wildman–Crippen LogP) is 2.76.